The number of hydrogen-bond acceptors (Lipinski definition) is 0. The molecule has 0 saturated carbocycles. The van der Waals surface area contributed by atoms with Gasteiger partial charge in [-0.3, -0.25) is 0 Å². The smallest absolute Gasteiger partial charge is 0.139 e. The van der Waals surface area contributed by atoms with Crippen molar-refractivity contribution in [1.82, 2.24) is 4.98 Å². The van der Waals surface area contributed by atoms with Gasteiger partial charge >= 0.3 is 0 Å². The first-order valence-electron chi connectivity index (χ1n) is 7.64. The van der Waals surface area contributed by atoms with E-state index in [1.165, 1.54) is 48.8 Å². The van der Waals surface area contributed by atoms with E-state index >= 15 is 0 Å². The molecule has 5 rings (SSSR count). The summed E-state index contributed by atoms with van der Waals surface area (Å²) in [6, 6.07) is 24.1. The van der Waals surface area contributed by atoms with Crippen LogP contribution >= 0.6 is 0 Å². The fourth-order valence-corrected chi connectivity index (χ4v) is 3.67. The van der Waals surface area contributed by atoms with Crippen LogP contribution in [-0.2, 0) is 0 Å². The van der Waals surface area contributed by atoms with Crippen LogP contribution in [0.2, 0.25) is 0 Å². The lowest BCUT2D eigenvalue weighted by atomic mass is 9.93. The maximum absolute atomic E-state index is 3.65. The third-order valence-corrected chi connectivity index (χ3v) is 4.64. The van der Waals surface area contributed by atoms with Gasteiger partial charge in [0.05, 0.1) is 5.52 Å². The number of rotatable bonds is 0. The van der Waals surface area contributed by atoms with E-state index in [2.05, 4.69) is 79.6 Å². The second-order valence-corrected chi connectivity index (χ2v) is 6.02. The summed E-state index contributed by atoms with van der Waals surface area (Å²) in [4.78, 5) is 3.65. The largest absolute Gasteiger partial charge is 0.354 e. The summed E-state index contributed by atoms with van der Waals surface area (Å²) in [5.41, 5.74) is 3.75. The lowest BCUT2D eigenvalue weighted by Crippen LogP contribution is -1.98. The lowest BCUT2D eigenvalue weighted by Gasteiger charge is -2.06. The van der Waals surface area contributed by atoms with Crippen LogP contribution in [0, 0.1) is 0 Å². The Labute approximate surface area is 129 Å². The number of H-pyrrole nitrogens is 1. The molecular formula is C20H14BN. The summed E-state index contributed by atoms with van der Waals surface area (Å²) >= 11 is 0. The predicted octanol–water partition coefficient (Wildman–Crippen LogP) is 3.89. The Morgan fingerprint density at radius 3 is 2.05 bits per heavy atom. The molecule has 1 heterocycles. The van der Waals surface area contributed by atoms with Gasteiger partial charge in [-0.15, -0.1) is 0 Å². The maximum atomic E-state index is 3.65. The van der Waals surface area contributed by atoms with E-state index < -0.39 is 0 Å². The summed E-state index contributed by atoms with van der Waals surface area (Å²) < 4.78 is 0. The second-order valence-electron chi connectivity index (χ2n) is 6.02. The minimum atomic E-state index is 1.22. The Morgan fingerprint density at radius 2 is 1.27 bits per heavy atom. The molecule has 0 aliphatic carbocycles. The third-order valence-electron chi connectivity index (χ3n) is 4.64. The van der Waals surface area contributed by atoms with E-state index in [0.717, 1.165) is 0 Å². The minimum Gasteiger partial charge on any atom is -0.354 e. The Hall–Kier alpha value is -2.74. The lowest BCUT2D eigenvalue weighted by molar-refractivity contribution is 1.57. The van der Waals surface area contributed by atoms with Crippen molar-refractivity contribution in [1.29, 1.82) is 0 Å². The molecule has 2 heteroatoms. The van der Waals surface area contributed by atoms with Gasteiger partial charge in [0.25, 0.3) is 0 Å². The highest BCUT2D eigenvalue weighted by atomic mass is 14.7. The molecule has 4 aromatic carbocycles. The Bertz CT molecular complexity index is 1180. The van der Waals surface area contributed by atoms with Crippen molar-refractivity contribution < 1.29 is 0 Å². The standard InChI is InChI=1S/C20H14BN/c21-12-9-10-17-18(11-12)22-20-16-8-4-2-6-14(16)13-5-1-3-7-15(13)19(17)20/h1-11,22H,21H2. The van der Waals surface area contributed by atoms with Gasteiger partial charge in [-0.05, 0) is 22.2 Å². The molecule has 0 fully saturated rings. The summed E-state index contributed by atoms with van der Waals surface area (Å²) in [6.45, 7) is 0. The Balaban J connectivity index is 2.21. The van der Waals surface area contributed by atoms with Crippen molar-refractivity contribution in [2.24, 2.45) is 0 Å². The number of nitrogens with one attached hydrogen (secondary N) is 1. The van der Waals surface area contributed by atoms with Crippen molar-refractivity contribution >= 4 is 56.7 Å². The fraction of sp³-hybridized carbons (Fsp3) is 0. The van der Waals surface area contributed by atoms with Gasteiger partial charge in [-0.2, -0.15) is 0 Å². The van der Waals surface area contributed by atoms with E-state index in [9.17, 15) is 0 Å². The molecule has 0 atom stereocenters. The van der Waals surface area contributed by atoms with Gasteiger partial charge in [0.2, 0.25) is 0 Å². The summed E-state index contributed by atoms with van der Waals surface area (Å²) in [5, 5.41) is 7.91. The maximum Gasteiger partial charge on any atom is 0.139 e. The van der Waals surface area contributed by atoms with Gasteiger partial charge in [0.1, 0.15) is 7.85 Å². The zero-order valence-corrected chi connectivity index (χ0v) is 12.4. The van der Waals surface area contributed by atoms with Crippen LogP contribution in [-0.4, -0.2) is 12.8 Å². The fourth-order valence-electron chi connectivity index (χ4n) is 3.67. The molecule has 102 valence electrons. The van der Waals surface area contributed by atoms with Crippen molar-refractivity contribution in [3.63, 3.8) is 0 Å². The first-order chi connectivity index (χ1) is 10.8. The van der Waals surface area contributed by atoms with E-state index in [-0.39, 0.29) is 0 Å². The van der Waals surface area contributed by atoms with Crippen LogP contribution in [0.4, 0.5) is 0 Å². The molecule has 0 aliphatic rings. The topological polar surface area (TPSA) is 15.8 Å². The van der Waals surface area contributed by atoms with Crippen LogP contribution in [0.25, 0.3) is 43.4 Å². The van der Waals surface area contributed by atoms with Gasteiger partial charge in [0, 0.05) is 21.7 Å². The average Bonchev–Trinajstić information content (AvgIpc) is 2.94. The number of fused-ring (bicyclic) bond motifs is 8. The highest BCUT2D eigenvalue weighted by Crippen LogP contribution is 2.38. The monoisotopic (exact) mass is 279 g/mol. The van der Waals surface area contributed by atoms with Crippen LogP contribution in [0.3, 0.4) is 0 Å². The Morgan fingerprint density at radius 1 is 0.636 bits per heavy atom. The average molecular weight is 279 g/mol. The molecule has 0 spiro atoms. The zero-order chi connectivity index (χ0) is 14.7. The first kappa shape index (κ1) is 11.9. The van der Waals surface area contributed by atoms with Crippen molar-refractivity contribution in [2.45, 2.75) is 0 Å². The molecule has 1 N–H and O–H groups in total. The van der Waals surface area contributed by atoms with Gasteiger partial charge in [-0.25, -0.2) is 0 Å². The normalized spacial score (nSPS) is 11.8. The van der Waals surface area contributed by atoms with Gasteiger partial charge in [-0.1, -0.05) is 66.1 Å². The number of hydrogen-bond donors (Lipinski definition) is 1. The molecule has 0 radical (unpaired) electrons. The number of aromatic nitrogens is 1. The van der Waals surface area contributed by atoms with E-state index in [0.29, 0.717) is 0 Å². The first-order valence-corrected chi connectivity index (χ1v) is 7.64. The van der Waals surface area contributed by atoms with Gasteiger partial charge in [0.15, 0.2) is 0 Å². The van der Waals surface area contributed by atoms with Crippen molar-refractivity contribution in [2.75, 3.05) is 0 Å². The quantitative estimate of drug-likeness (QED) is 0.327. The third kappa shape index (κ3) is 1.44. The molecular weight excluding hydrogens is 265 g/mol. The highest BCUT2D eigenvalue weighted by Gasteiger charge is 2.12. The molecule has 5 aromatic rings. The van der Waals surface area contributed by atoms with Crippen molar-refractivity contribution in [3.8, 4) is 0 Å². The van der Waals surface area contributed by atoms with Gasteiger partial charge < -0.3 is 4.98 Å². The summed E-state index contributed by atoms with van der Waals surface area (Å²) in [6.07, 6.45) is 0. The summed E-state index contributed by atoms with van der Waals surface area (Å²) in [5.74, 6) is 0. The molecule has 0 bridgehead atoms. The second kappa shape index (κ2) is 4.14. The van der Waals surface area contributed by atoms with E-state index in [1.54, 1.807) is 0 Å². The molecule has 1 nitrogen and oxygen atoms in total. The molecule has 22 heavy (non-hydrogen) atoms. The molecule has 0 saturated heterocycles. The molecule has 0 aliphatic heterocycles. The van der Waals surface area contributed by atoms with Crippen LogP contribution < -0.4 is 5.46 Å². The number of aromatic amines is 1. The zero-order valence-electron chi connectivity index (χ0n) is 12.4. The van der Waals surface area contributed by atoms with Crippen LogP contribution in [0.1, 0.15) is 0 Å². The SMILES string of the molecule is Bc1ccc2c(c1)[nH]c1c3ccccc3c3ccccc3c21. The van der Waals surface area contributed by atoms with Crippen LogP contribution in [0.5, 0.6) is 0 Å². The predicted molar refractivity (Wildman–Crippen MR) is 99.0 cm³/mol. The summed E-state index contributed by atoms with van der Waals surface area (Å²) in [7, 11) is 2.14. The van der Waals surface area contributed by atoms with E-state index in [1.807, 2.05) is 0 Å². The molecule has 0 unspecified atom stereocenters. The number of benzene rings is 4. The molecule has 0 amide bonds. The van der Waals surface area contributed by atoms with E-state index in [4.69, 9.17) is 0 Å². The van der Waals surface area contributed by atoms with Crippen molar-refractivity contribution in [3.05, 3.63) is 66.7 Å². The Kier molecular flexibility index (Phi) is 2.23. The minimum absolute atomic E-state index is 1.22. The highest BCUT2D eigenvalue weighted by molar-refractivity contribution is 6.35. The molecule has 1 aromatic heterocycles. The van der Waals surface area contributed by atoms with Crippen LogP contribution in [0.15, 0.2) is 66.7 Å².